The number of ether oxygens (including phenoxy) is 1. The maximum Gasteiger partial charge on any atom is 0.327 e. The van der Waals surface area contributed by atoms with E-state index in [1.54, 1.807) is 18.2 Å². The van der Waals surface area contributed by atoms with Crippen LogP contribution in [0.5, 0.6) is 5.75 Å². The molecule has 3 aromatic rings. The number of imide groups is 1. The van der Waals surface area contributed by atoms with Gasteiger partial charge in [0.05, 0.1) is 12.0 Å². The molecule has 7 nitrogen and oxygen atoms in total. The van der Waals surface area contributed by atoms with Gasteiger partial charge in [0.15, 0.2) is 6.23 Å². The Morgan fingerprint density at radius 2 is 1.57 bits per heavy atom. The normalized spacial score (nSPS) is 17.8. The second kappa shape index (κ2) is 11.9. The lowest BCUT2D eigenvalue weighted by molar-refractivity contribution is -0.166. The topological polar surface area (TPSA) is 97.0 Å². The molecule has 37 heavy (non-hydrogen) atoms. The first-order valence-electron chi connectivity index (χ1n) is 12.1. The quantitative estimate of drug-likeness (QED) is 0.243. The lowest BCUT2D eigenvalue weighted by Gasteiger charge is -2.45. The van der Waals surface area contributed by atoms with Crippen molar-refractivity contribution < 1.29 is 14.3 Å². The van der Waals surface area contributed by atoms with Gasteiger partial charge in [-0.2, -0.15) is 0 Å². The van der Waals surface area contributed by atoms with Crippen LogP contribution in [0.1, 0.15) is 30.5 Å². The minimum atomic E-state index is -0.789. The van der Waals surface area contributed by atoms with Gasteiger partial charge >= 0.3 is 6.03 Å². The van der Waals surface area contributed by atoms with E-state index in [0.717, 1.165) is 21.6 Å². The summed E-state index contributed by atoms with van der Waals surface area (Å²) in [6.07, 6.45) is 3.08. The summed E-state index contributed by atoms with van der Waals surface area (Å²) in [6.45, 7) is 5.29. The van der Waals surface area contributed by atoms with Gasteiger partial charge in [0.1, 0.15) is 11.6 Å². The third-order valence-electron chi connectivity index (χ3n) is 6.25. The molecule has 2 atom stereocenters. The number of urea groups is 1. The van der Waals surface area contributed by atoms with Gasteiger partial charge in [-0.1, -0.05) is 84.9 Å². The van der Waals surface area contributed by atoms with E-state index in [2.05, 4.69) is 17.0 Å². The zero-order valence-electron chi connectivity index (χ0n) is 20.7. The van der Waals surface area contributed by atoms with Crippen LogP contribution >= 0.6 is 0 Å². The van der Waals surface area contributed by atoms with Crippen molar-refractivity contribution >= 4 is 18.7 Å². The minimum absolute atomic E-state index is 0.253. The van der Waals surface area contributed by atoms with Crippen LogP contribution in [0, 0.1) is 5.92 Å². The van der Waals surface area contributed by atoms with Crippen LogP contribution in [0.25, 0.3) is 0 Å². The maximum absolute atomic E-state index is 13.6. The molecule has 0 aromatic heterocycles. The van der Waals surface area contributed by atoms with Crippen molar-refractivity contribution in [3.8, 4) is 5.75 Å². The Morgan fingerprint density at radius 1 is 1.03 bits per heavy atom. The molecule has 188 valence electrons. The van der Waals surface area contributed by atoms with Crippen LogP contribution in [-0.2, 0) is 4.79 Å². The number of rotatable bonds is 9. The van der Waals surface area contributed by atoms with Crippen molar-refractivity contribution in [2.24, 2.45) is 16.6 Å². The van der Waals surface area contributed by atoms with Crippen molar-refractivity contribution in [1.29, 1.82) is 0 Å². The van der Waals surface area contributed by atoms with Crippen LogP contribution in [0.2, 0.25) is 0 Å². The number of hydrogen-bond acceptors (Lipinski definition) is 5. The van der Waals surface area contributed by atoms with Crippen LogP contribution in [-0.4, -0.2) is 29.8 Å². The molecule has 0 bridgehead atoms. The van der Waals surface area contributed by atoms with Crippen molar-refractivity contribution in [3.05, 3.63) is 126 Å². The number of hydrogen-bond donors (Lipinski definition) is 2. The van der Waals surface area contributed by atoms with Crippen LogP contribution < -0.4 is 15.8 Å². The molecule has 1 aliphatic heterocycles. The van der Waals surface area contributed by atoms with E-state index < -0.39 is 24.2 Å². The third-order valence-corrected chi connectivity index (χ3v) is 6.25. The summed E-state index contributed by atoms with van der Waals surface area (Å²) in [7, 11) is 0. The number of allylic oxidation sites excluding steroid dienone is 3. The number of nitrogens with one attached hydrogen (secondary N) is 1. The van der Waals surface area contributed by atoms with E-state index in [-0.39, 0.29) is 11.7 Å². The summed E-state index contributed by atoms with van der Waals surface area (Å²) < 4.78 is 6.17. The van der Waals surface area contributed by atoms with Crippen molar-refractivity contribution in [1.82, 2.24) is 10.2 Å². The van der Waals surface area contributed by atoms with Gasteiger partial charge < -0.3 is 15.8 Å². The highest BCUT2D eigenvalue weighted by Crippen LogP contribution is 2.35. The summed E-state index contributed by atoms with van der Waals surface area (Å²) in [6, 6.07) is 27.5. The average molecular weight is 495 g/mol. The molecule has 1 fully saturated rings. The maximum atomic E-state index is 13.6. The standard InChI is InChI=1S/C30H30N4O3/c1-3-21(20-26(31)32-2)19-25-28(35)34(29(25)37-24-17-11-6-12-18-24)30(36)33-27(22-13-7-4-8-14-22)23-15-9-5-10-16-23/h3-18,20,25,27,29H,2,19,31H2,1H3,(H,33,36)/b21-3-,26-20-/t25-,29+/m0/s1. The van der Waals surface area contributed by atoms with E-state index in [4.69, 9.17) is 10.5 Å². The van der Waals surface area contributed by atoms with Gasteiger partial charge in [0.2, 0.25) is 5.91 Å². The number of carbonyl (C=O) groups is 2. The molecule has 3 aromatic carbocycles. The number of carbonyl (C=O) groups excluding carboxylic acids is 2. The Morgan fingerprint density at radius 3 is 2.08 bits per heavy atom. The molecule has 3 amide bonds. The molecular formula is C30H30N4O3. The van der Waals surface area contributed by atoms with Gasteiger partial charge in [-0.25, -0.2) is 14.7 Å². The number of amides is 3. The monoisotopic (exact) mass is 494 g/mol. The van der Waals surface area contributed by atoms with Crippen molar-refractivity contribution in [3.63, 3.8) is 0 Å². The van der Waals surface area contributed by atoms with E-state index in [1.165, 1.54) is 0 Å². The van der Waals surface area contributed by atoms with Crippen molar-refractivity contribution in [2.75, 3.05) is 0 Å². The first-order valence-corrected chi connectivity index (χ1v) is 12.1. The number of aliphatic imine (C=N–C) groups is 1. The predicted octanol–water partition coefficient (Wildman–Crippen LogP) is 5.19. The average Bonchev–Trinajstić information content (AvgIpc) is 2.95. The Kier molecular flexibility index (Phi) is 8.15. The lowest BCUT2D eigenvalue weighted by atomic mass is 9.88. The summed E-state index contributed by atoms with van der Waals surface area (Å²) in [5.74, 6) is -0.0759. The highest BCUT2D eigenvalue weighted by Gasteiger charge is 2.53. The predicted molar refractivity (Wildman–Crippen MR) is 145 cm³/mol. The van der Waals surface area contributed by atoms with Gasteiger partial charge in [0.25, 0.3) is 0 Å². The fourth-order valence-corrected chi connectivity index (χ4v) is 4.29. The van der Waals surface area contributed by atoms with Crippen LogP contribution in [0.15, 0.2) is 120 Å². The molecule has 4 rings (SSSR count). The highest BCUT2D eigenvalue weighted by atomic mass is 16.5. The molecule has 1 aliphatic rings. The molecule has 3 N–H and O–H groups in total. The van der Waals surface area contributed by atoms with Gasteiger partial charge in [-0.15, -0.1) is 0 Å². The smallest absolute Gasteiger partial charge is 0.327 e. The largest absolute Gasteiger partial charge is 0.469 e. The van der Waals surface area contributed by atoms with Crippen molar-refractivity contribution in [2.45, 2.75) is 25.6 Å². The summed E-state index contributed by atoms with van der Waals surface area (Å²) in [4.78, 5) is 31.8. The van der Waals surface area contributed by atoms with E-state index in [9.17, 15) is 9.59 Å². The lowest BCUT2D eigenvalue weighted by Crippen LogP contribution is -2.67. The molecule has 1 saturated heterocycles. The Labute approximate surface area is 217 Å². The van der Waals surface area contributed by atoms with Gasteiger partial charge in [0, 0.05) is 0 Å². The number of benzene rings is 3. The molecular weight excluding hydrogens is 464 g/mol. The van der Waals surface area contributed by atoms with E-state index >= 15 is 0 Å². The highest BCUT2D eigenvalue weighted by molar-refractivity contribution is 6.01. The summed E-state index contributed by atoms with van der Waals surface area (Å²) >= 11 is 0. The second-order valence-electron chi connectivity index (χ2n) is 8.64. The number of likely N-dealkylation sites (tertiary alicyclic amines) is 1. The first-order chi connectivity index (χ1) is 18.0. The molecule has 0 spiro atoms. The number of nitrogens with zero attached hydrogens (tertiary/aromatic N) is 2. The zero-order valence-corrected chi connectivity index (χ0v) is 20.7. The number of nitrogens with two attached hydrogens (primary N) is 1. The SMILES string of the molecule is C=N/C(N)=C\C(=C/C)C[C@H]1C(=O)N(C(=O)NC(c2ccccc2)c2ccccc2)[C@@H]1Oc1ccccc1. The van der Waals surface area contributed by atoms with Gasteiger partial charge in [-0.05, 0) is 55.0 Å². The number of para-hydroxylation sites is 1. The van der Waals surface area contributed by atoms with E-state index in [1.807, 2.05) is 91.9 Å². The molecule has 7 heteroatoms. The molecule has 0 radical (unpaired) electrons. The Balaban J connectivity index is 1.60. The number of β-lactam (4-membered cyclic amide) rings is 1. The van der Waals surface area contributed by atoms with Crippen LogP contribution in [0.3, 0.4) is 0 Å². The van der Waals surface area contributed by atoms with E-state index in [0.29, 0.717) is 12.2 Å². The third kappa shape index (κ3) is 5.95. The molecule has 0 saturated carbocycles. The molecule has 0 aliphatic carbocycles. The molecule has 0 unspecified atom stereocenters. The summed E-state index contributed by atoms with van der Waals surface area (Å²) in [5.41, 5.74) is 8.43. The Bertz CT molecular complexity index is 1250. The van der Waals surface area contributed by atoms with Crippen LogP contribution in [0.4, 0.5) is 4.79 Å². The Hall–Kier alpha value is -4.65. The second-order valence-corrected chi connectivity index (χ2v) is 8.64. The summed E-state index contributed by atoms with van der Waals surface area (Å²) in [5, 5.41) is 3.04. The van der Waals surface area contributed by atoms with Gasteiger partial charge in [-0.3, -0.25) is 4.79 Å². The first kappa shape index (κ1) is 25.4. The molecule has 1 heterocycles. The fraction of sp³-hybridized carbons (Fsp3) is 0.167. The fourth-order valence-electron chi connectivity index (χ4n) is 4.29. The zero-order chi connectivity index (χ0) is 26.2. The minimum Gasteiger partial charge on any atom is -0.469 e.